The molecule has 0 spiro atoms. The molecule has 2 fully saturated rings. The predicted molar refractivity (Wildman–Crippen MR) is 130 cm³/mol. The fourth-order valence-electron chi connectivity index (χ4n) is 5.03. The lowest BCUT2D eigenvalue weighted by Gasteiger charge is -2.32. The van der Waals surface area contributed by atoms with Gasteiger partial charge in [-0.05, 0) is 50.3 Å². The van der Waals surface area contributed by atoms with Gasteiger partial charge in [0.2, 0.25) is 0 Å². The molecule has 0 bridgehead atoms. The molecule has 0 unspecified atom stereocenters. The number of ether oxygens (including phenoxy) is 1. The third-order valence-corrected chi connectivity index (χ3v) is 8.00. The summed E-state index contributed by atoms with van der Waals surface area (Å²) < 4.78 is 7.97. The molecule has 2 saturated heterocycles. The molecule has 0 amide bonds. The van der Waals surface area contributed by atoms with Crippen molar-refractivity contribution in [1.82, 2.24) is 14.7 Å². The zero-order valence-electron chi connectivity index (χ0n) is 18.8. The minimum Gasteiger partial charge on any atom is -0.380 e. The van der Waals surface area contributed by atoms with Crippen LogP contribution in [0.4, 0.5) is 5.82 Å². The van der Waals surface area contributed by atoms with E-state index in [-0.39, 0.29) is 0 Å². The van der Waals surface area contributed by atoms with E-state index in [1.165, 1.54) is 25.9 Å². The molecule has 1 aromatic carbocycles. The van der Waals surface area contributed by atoms with Crippen molar-refractivity contribution in [2.45, 2.75) is 25.7 Å². The van der Waals surface area contributed by atoms with Crippen LogP contribution in [0, 0.1) is 17.2 Å². The molecule has 2 aliphatic heterocycles. The highest BCUT2D eigenvalue weighted by molar-refractivity contribution is 7.20. The van der Waals surface area contributed by atoms with E-state index < -0.39 is 0 Å². The molecule has 4 heterocycles. The minimum atomic E-state index is 0.620. The largest absolute Gasteiger partial charge is 0.380 e. The lowest BCUT2D eigenvalue weighted by atomic mass is 9.97. The van der Waals surface area contributed by atoms with Crippen molar-refractivity contribution in [3.05, 3.63) is 35.2 Å². The molecule has 0 atom stereocenters. The van der Waals surface area contributed by atoms with Gasteiger partial charge in [0.1, 0.15) is 15.8 Å². The molecular formula is C25H31N5OS. The Hall–Kier alpha value is -2.40. The summed E-state index contributed by atoms with van der Waals surface area (Å²) in [5.41, 5.74) is 2.12. The van der Waals surface area contributed by atoms with Crippen molar-refractivity contribution < 1.29 is 4.74 Å². The summed E-state index contributed by atoms with van der Waals surface area (Å²) in [6.45, 7) is 7.24. The van der Waals surface area contributed by atoms with Crippen LogP contribution in [0.5, 0.6) is 0 Å². The van der Waals surface area contributed by atoms with E-state index in [4.69, 9.17) is 9.84 Å². The average Bonchev–Trinajstić information content (AvgIpc) is 3.55. The van der Waals surface area contributed by atoms with E-state index in [1.807, 2.05) is 29.9 Å². The Kier molecular flexibility index (Phi) is 6.44. The molecule has 6 nitrogen and oxygen atoms in total. The number of rotatable bonds is 7. The summed E-state index contributed by atoms with van der Waals surface area (Å²) in [5.74, 6) is 1.64. The molecule has 168 valence electrons. The van der Waals surface area contributed by atoms with E-state index in [0.717, 1.165) is 77.7 Å². The van der Waals surface area contributed by atoms with Crippen LogP contribution in [0.15, 0.2) is 30.3 Å². The number of hydrogen-bond donors (Lipinski definition) is 0. The Morgan fingerprint density at radius 2 is 1.88 bits per heavy atom. The van der Waals surface area contributed by atoms with Crippen LogP contribution < -0.4 is 4.90 Å². The molecule has 0 N–H and O–H groups in total. The molecular weight excluding hydrogens is 418 g/mol. The van der Waals surface area contributed by atoms with Crippen LogP contribution >= 0.6 is 11.3 Å². The van der Waals surface area contributed by atoms with E-state index >= 15 is 0 Å². The smallest absolute Gasteiger partial charge is 0.160 e. The van der Waals surface area contributed by atoms with Gasteiger partial charge in [-0.1, -0.05) is 30.3 Å². The molecule has 5 rings (SSSR count). The number of fused-ring (bicyclic) bond motifs is 1. The van der Waals surface area contributed by atoms with E-state index in [0.29, 0.717) is 5.92 Å². The van der Waals surface area contributed by atoms with Gasteiger partial charge < -0.3 is 14.5 Å². The van der Waals surface area contributed by atoms with Crippen LogP contribution in [0.25, 0.3) is 21.3 Å². The van der Waals surface area contributed by atoms with Gasteiger partial charge in [-0.2, -0.15) is 10.4 Å². The van der Waals surface area contributed by atoms with Crippen LogP contribution in [-0.2, 0) is 11.8 Å². The molecule has 32 heavy (non-hydrogen) atoms. The number of aromatic nitrogens is 2. The van der Waals surface area contributed by atoms with Gasteiger partial charge >= 0.3 is 0 Å². The fourth-order valence-corrected chi connectivity index (χ4v) is 6.06. The Labute approximate surface area is 194 Å². The second-order valence-electron chi connectivity index (χ2n) is 8.97. The second kappa shape index (κ2) is 9.62. The highest BCUT2D eigenvalue weighted by atomic mass is 32.1. The lowest BCUT2D eigenvalue weighted by molar-refractivity contribution is 0.0753. The standard InChI is InChI=1S/C25H31N5OS/c1-28-25-23(22(21(17-26)32-25)20-7-3-2-4-8-20)24(27-28)30-13-9-19(10-14-30)18-31-16-15-29-11-5-6-12-29/h2-4,7-8,19H,5-6,9-16,18H2,1H3. The monoisotopic (exact) mass is 449 g/mol. The van der Waals surface area contributed by atoms with E-state index in [9.17, 15) is 5.26 Å². The fraction of sp³-hybridized carbons (Fsp3) is 0.520. The van der Waals surface area contributed by atoms with Crippen molar-refractivity contribution >= 4 is 27.4 Å². The number of thiophene rings is 1. The van der Waals surface area contributed by atoms with Crippen molar-refractivity contribution in [2.24, 2.45) is 13.0 Å². The summed E-state index contributed by atoms with van der Waals surface area (Å²) in [7, 11) is 1.99. The highest BCUT2D eigenvalue weighted by Gasteiger charge is 2.27. The Morgan fingerprint density at radius 3 is 2.59 bits per heavy atom. The van der Waals surface area contributed by atoms with E-state index in [2.05, 4.69) is 28.0 Å². The maximum Gasteiger partial charge on any atom is 0.160 e. The molecule has 0 radical (unpaired) electrons. The Morgan fingerprint density at radius 1 is 1.12 bits per heavy atom. The quantitative estimate of drug-likeness (QED) is 0.497. The normalized spacial score (nSPS) is 17.9. The van der Waals surface area contributed by atoms with Gasteiger partial charge in [-0.15, -0.1) is 11.3 Å². The zero-order valence-corrected chi connectivity index (χ0v) is 19.6. The zero-order chi connectivity index (χ0) is 21.9. The number of piperidine rings is 1. The number of benzene rings is 1. The summed E-state index contributed by atoms with van der Waals surface area (Å²) in [6, 6.07) is 12.7. The Bertz CT molecular complexity index is 1090. The van der Waals surface area contributed by atoms with E-state index in [1.54, 1.807) is 11.3 Å². The number of anilines is 1. The SMILES string of the molecule is Cn1nc(N2CCC(COCCN3CCCC3)CC2)c2c(-c3ccccc3)c(C#N)sc21. The maximum atomic E-state index is 9.80. The van der Waals surface area contributed by atoms with Gasteiger partial charge in [0.05, 0.1) is 12.0 Å². The highest BCUT2D eigenvalue weighted by Crippen LogP contribution is 2.43. The average molecular weight is 450 g/mol. The third-order valence-electron chi connectivity index (χ3n) is 6.83. The summed E-state index contributed by atoms with van der Waals surface area (Å²) in [4.78, 5) is 6.75. The van der Waals surface area contributed by atoms with Crippen LogP contribution in [0.3, 0.4) is 0 Å². The van der Waals surface area contributed by atoms with Gasteiger partial charge in [0.25, 0.3) is 0 Å². The first kappa shape index (κ1) is 21.4. The number of likely N-dealkylation sites (tertiary alicyclic amines) is 1. The molecule has 7 heteroatoms. The van der Waals surface area contributed by atoms with Gasteiger partial charge in [0, 0.05) is 38.9 Å². The predicted octanol–water partition coefficient (Wildman–Crippen LogP) is 4.50. The molecule has 2 aromatic heterocycles. The topological polar surface area (TPSA) is 57.3 Å². The molecule has 0 saturated carbocycles. The number of hydrogen-bond acceptors (Lipinski definition) is 6. The van der Waals surface area contributed by atoms with Crippen molar-refractivity contribution in [2.75, 3.05) is 50.8 Å². The van der Waals surface area contributed by atoms with Crippen molar-refractivity contribution in [3.8, 4) is 17.2 Å². The first-order valence-corrected chi connectivity index (χ1v) is 12.6. The number of nitriles is 1. The van der Waals surface area contributed by atoms with Crippen molar-refractivity contribution in [3.63, 3.8) is 0 Å². The molecule has 3 aromatic rings. The number of nitrogens with zero attached hydrogens (tertiary/aromatic N) is 5. The van der Waals surface area contributed by atoms with Gasteiger partial charge in [-0.25, -0.2) is 0 Å². The summed E-state index contributed by atoms with van der Waals surface area (Å²) in [6.07, 6.45) is 4.92. The van der Waals surface area contributed by atoms with Gasteiger partial charge in [-0.3, -0.25) is 4.68 Å². The van der Waals surface area contributed by atoms with Crippen LogP contribution in [0.1, 0.15) is 30.6 Å². The second-order valence-corrected chi connectivity index (χ2v) is 9.96. The van der Waals surface area contributed by atoms with Crippen LogP contribution in [0.2, 0.25) is 0 Å². The summed E-state index contributed by atoms with van der Waals surface area (Å²) in [5, 5.41) is 15.8. The van der Waals surface area contributed by atoms with Crippen LogP contribution in [-0.4, -0.2) is 60.6 Å². The third kappa shape index (κ3) is 4.27. The molecule has 0 aliphatic carbocycles. The Balaban J connectivity index is 1.27. The first-order valence-electron chi connectivity index (χ1n) is 11.7. The van der Waals surface area contributed by atoms with Crippen molar-refractivity contribution in [1.29, 1.82) is 5.26 Å². The van der Waals surface area contributed by atoms with Gasteiger partial charge in [0.15, 0.2) is 5.82 Å². The molecule has 2 aliphatic rings. The summed E-state index contributed by atoms with van der Waals surface area (Å²) >= 11 is 1.54. The lowest BCUT2D eigenvalue weighted by Crippen LogP contribution is -2.36. The minimum absolute atomic E-state index is 0.620. The number of aryl methyl sites for hydroxylation is 1. The first-order chi connectivity index (χ1) is 15.7. The maximum absolute atomic E-state index is 9.80.